The molecule has 0 heterocycles. The van der Waals surface area contributed by atoms with E-state index in [-0.39, 0.29) is 12.2 Å². The van der Waals surface area contributed by atoms with Gasteiger partial charge in [-0.15, -0.1) is 11.6 Å². The second-order valence-electron chi connectivity index (χ2n) is 4.04. The monoisotopic (exact) mass is 380 g/mol. The number of halogens is 5. The van der Waals surface area contributed by atoms with Crippen molar-refractivity contribution in [2.24, 2.45) is 0 Å². The largest absolute Gasteiger partial charge is 0.207 e. The first-order valence-corrected chi connectivity index (χ1v) is 7.49. The van der Waals surface area contributed by atoms with Gasteiger partial charge in [0, 0.05) is 20.1 Å². The molecule has 0 saturated heterocycles. The quantitative estimate of drug-likeness (QED) is 0.538. The third-order valence-electron chi connectivity index (χ3n) is 2.74. The van der Waals surface area contributed by atoms with Crippen molar-refractivity contribution in [3.05, 3.63) is 67.9 Å². The molecule has 2 rings (SSSR count). The Kier molecular flexibility index (Phi) is 5.13. The van der Waals surface area contributed by atoms with Gasteiger partial charge in [0.25, 0.3) is 0 Å². The Balaban J connectivity index is 2.31. The van der Waals surface area contributed by atoms with Crippen molar-refractivity contribution in [2.45, 2.75) is 11.8 Å². The van der Waals surface area contributed by atoms with Crippen LogP contribution in [0.25, 0.3) is 0 Å². The topological polar surface area (TPSA) is 0 Å². The summed E-state index contributed by atoms with van der Waals surface area (Å²) in [5.74, 6) is -0.357. The van der Waals surface area contributed by atoms with E-state index in [0.717, 1.165) is 10.0 Å². The van der Waals surface area contributed by atoms with Gasteiger partial charge >= 0.3 is 0 Å². The predicted octanol–water partition coefficient (Wildman–Crippen LogP) is 6.42. The summed E-state index contributed by atoms with van der Waals surface area (Å²) >= 11 is 21.8. The lowest BCUT2D eigenvalue weighted by Gasteiger charge is -2.14. The fraction of sp³-hybridized carbons (Fsp3) is 0.143. The van der Waals surface area contributed by atoms with Gasteiger partial charge in [0.05, 0.1) is 5.38 Å². The molecule has 0 nitrogen and oxygen atoms in total. The molecule has 0 radical (unpaired) electrons. The molecule has 1 atom stereocenters. The highest BCUT2D eigenvalue weighted by molar-refractivity contribution is 9.10. The third kappa shape index (κ3) is 3.63. The predicted molar refractivity (Wildman–Crippen MR) is 82.9 cm³/mol. The van der Waals surface area contributed by atoms with E-state index >= 15 is 0 Å². The number of hydrogen-bond acceptors (Lipinski definition) is 0. The van der Waals surface area contributed by atoms with Crippen molar-refractivity contribution >= 4 is 50.7 Å². The van der Waals surface area contributed by atoms with Crippen LogP contribution in [0.3, 0.4) is 0 Å². The van der Waals surface area contributed by atoms with E-state index in [1.54, 1.807) is 18.2 Å². The second-order valence-corrected chi connectivity index (χ2v) is 6.29. The summed E-state index contributed by atoms with van der Waals surface area (Å²) in [6, 6.07) is 9.98. The summed E-state index contributed by atoms with van der Waals surface area (Å²) in [5.41, 5.74) is 1.15. The van der Waals surface area contributed by atoms with Crippen LogP contribution in [0, 0.1) is 5.82 Å². The molecule has 0 bridgehead atoms. The van der Waals surface area contributed by atoms with Crippen LogP contribution in [-0.4, -0.2) is 0 Å². The first-order valence-electron chi connectivity index (χ1n) is 5.51. The summed E-state index contributed by atoms with van der Waals surface area (Å²) in [6.45, 7) is 0. The SMILES string of the molecule is Fc1cccc(Cl)c1CC(Cl)c1cc(Br)ccc1Cl. The van der Waals surface area contributed by atoms with E-state index in [4.69, 9.17) is 34.8 Å². The third-order valence-corrected chi connectivity index (χ3v) is 4.32. The molecule has 0 amide bonds. The minimum atomic E-state index is -0.445. The van der Waals surface area contributed by atoms with Crippen molar-refractivity contribution in [3.8, 4) is 0 Å². The molecule has 0 spiro atoms. The van der Waals surface area contributed by atoms with Crippen molar-refractivity contribution < 1.29 is 4.39 Å². The van der Waals surface area contributed by atoms with Crippen molar-refractivity contribution in [3.63, 3.8) is 0 Å². The molecule has 5 heteroatoms. The van der Waals surface area contributed by atoms with Gasteiger partial charge in [0.2, 0.25) is 0 Å². The van der Waals surface area contributed by atoms with Crippen LogP contribution in [0.4, 0.5) is 4.39 Å². The summed E-state index contributed by atoms with van der Waals surface area (Å²) in [6.07, 6.45) is 0.281. The van der Waals surface area contributed by atoms with Gasteiger partial charge in [-0.2, -0.15) is 0 Å². The Morgan fingerprint density at radius 1 is 1.11 bits per heavy atom. The number of alkyl halides is 1. The molecule has 0 aliphatic rings. The molecule has 2 aromatic carbocycles. The lowest BCUT2D eigenvalue weighted by molar-refractivity contribution is 0.607. The van der Waals surface area contributed by atoms with Gasteiger partial charge in [-0.05, 0) is 42.3 Å². The van der Waals surface area contributed by atoms with Crippen LogP contribution in [0.5, 0.6) is 0 Å². The van der Waals surface area contributed by atoms with E-state index in [1.807, 2.05) is 12.1 Å². The normalized spacial score (nSPS) is 12.5. The summed E-state index contributed by atoms with van der Waals surface area (Å²) < 4.78 is 14.6. The fourth-order valence-electron chi connectivity index (χ4n) is 1.77. The molecule has 0 saturated carbocycles. The Bertz CT molecular complexity index is 581. The number of benzene rings is 2. The zero-order chi connectivity index (χ0) is 14.0. The average Bonchev–Trinajstić information content (AvgIpc) is 2.37. The van der Waals surface area contributed by atoms with Gasteiger partial charge in [-0.3, -0.25) is 0 Å². The maximum atomic E-state index is 13.7. The van der Waals surface area contributed by atoms with Crippen molar-refractivity contribution in [1.82, 2.24) is 0 Å². The molecular formula is C14H9BrCl3F. The van der Waals surface area contributed by atoms with Gasteiger partial charge in [-0.1, -0.05) is 45.2 Å². The lowest BCUT2D eigenvalue weighted by atomic mass is 10.0. The zero-order valence-electron chi connectivity index (χ0n) is 9.64. The summed E-state index contributed by atoms with van der Waals surface area (Å²) in [7, 11) is 0. The molecule has 100 valence electrons. The van der Waals surface area contributed by atoms with Crippen LogP contribution in [0.15, 0.2) is 40.9 Å². The van der Waals surface area contributed by atoms with E-state index in [9.17, 15) is 4.39 Å². The smallest absolute Gasteiger partial charge is 0.127 e. The molecular weight excluding hydrogens is 373 g/mol. The van der Waals surface area contributed by atoms with Crippen molar-refractivity contribution in [2.75, 3.05) is 0 Å². The molecule has 0 N–H and O–H groups in total. The van der Waals surface area contributed by atoms with Gasteiger partial charge < -0.3 is 0 Å². The Morgan fingerprint density at radius 3 is 2.53 bits per heavy atom. The standard InChI is InChI=1S/C14H9BrCl3F/c15-8-4-5-12(17)9(6-8)13(18)7-10-11(16)2-1-3-14(10)19/h1-6,13H,7H2. The molecule has 2 aromatic rings. The molecule has 19 heavy (non-hydrogen) atoms. The van der Waals surface area contributed by atoms with Crippen LogP contribution in [-0.2, 0) is 6.42 Å². The molecule has 0 aromatic heterocycles. The summed E-state index contributed by atoms with van der Waals surface area (Å²) in [4.78, 5) is 0. The second kappa shape index (κ2) is 6.45. The van der Waals surface area contributed by atoms with Gasteiger partial charge in [-0.25, -0.2) is 4.39 Å². The first-order chi connectivity index (χ1) is 8.99. The van der Waals surface area contributed by atoms with Crippen LogP contribution >= 0.6 is 50.7 Å². The van der Waals surface area contributed by atoms with Crippen molar-refractivity contribution in [1.29, 1.82) is 0 Å². The molecule has 0 fully saturated rings. The lowest BCUT2D eigenvalue weighted by Crippen LogP contribution is -2.00. The average molecular weight is 382 g/mol. The zero-order valence-corrected chi connectivity index (χ0v) is 13.5. The van der Waals surface area contributed by atoms with Crippen LogP contribution in [0.1, 0.15) is 16.5 Å². The highest BCUT2D eigenvalue weighted by Crippen LogP contribution is 2.34. The highest BCUT2D eigenvalue weighted by atomic mass is 79.9. The molecule has 0 aliphatic heterocycles. The van der Waals surface area contributed by atoms with E-state index in [0.29, 0.717) is 15.6 Å². The van der Waals surface area contributed by atoms with Gasteiger partial charge in [0.1, 0.15) is 5.82 Å². The highest BCUT2D eigenvalue weighted by Gasteiger charge is 2.17. The minimum Gasteiger partial charge on any atom is -0.207 e. The molecule has 0 aliphatic carbocycles. The van der Waals surface area contributed by atoms with E-state index in [2.05, 4.69) is 15.9 Å². The number of hydrogen-bond donors (Lipinski definition) is 0. The van der Waals surface area contributed by atoms with E-state index < -0.39 is 5.38 Å². The summed E-state index contributed by atoms with van der Waals surface area (Å²) in [5, 5.41) is 0.479. The fourth-order valence-corrected chi connectivity index (χ4v) is 3.03. The number of rotatable bonds is 3. The maximum absolute atomic E-state index is 13.7. The van der Waals surface area contributed by atoms with Crippen LogP contribution < -0.4 is 0 Å². The molecule has 1 unspecified atom stereocenters. The van der Waals surface area contributed by atoms with Gasteiger partial charge in [0.15, 0.2) is 0 Å². The van der Waals surface area contributed by atoms with Crippen LogP contribution in [0.2, 0.25) is 10.0 Å². The Morgan fingerprint density at radius 2 is 1.84 bits per heavy atom. The minimum absolute atomic E-state index is 0.281. The van der Waals surface area contributed by atoms with E-state index in [1.165, 1.54) is 6.07 Å². The maximum Gasteiger partial charge on any atom is 0.127 e. The Hall–Kier alpha value is -0.280. The first kappa shape index (κ1) is 15.1. The Labute approximate surface area is 134 Å².